The molecule has 1 heterocycles. The molecule has 1 aromatic carbocycles. The first-order valence-electron chi connectivity index (χ1n) is 6.67. The molecule has 0 bridgehead atoms. The van der Waals surface area contributed by atoms with E-state index in [1.165, 1.54) is 11.3 Å². The molecule has 0 fully saturated rings. The maximum absolute atomic E-state index is 12.0. The van der Waals surface area contributed by atoms with Crippen LogP contribution in [0.15, 0.2) is 47.8 Å². The molecule has 21 heavy (non-hydrogen) atoms. The van der Waals surface area contributed by atoms with Gasteiger partial charge in [-0.25, -0.2) is 13.1 Å². The van der Waals surface area contributed by atoms with Gasteiger partial charge in [0, 0.05) is 11.4 Å². The number of thiophene rings is 1. The zero-order valence-corrected chi connectivity index (χ0v) is 13.5. The summed E-state index contributed by atoms with van der Waals surface area (Å²) in [4.78, 5) is 0.744. The molecular formula is C15H19NO3S2. The second-order valence-electron chi connectivity index (χ2n) is 5.13. The summed E-state index contributed by atoms with van der Waals surface area (Å²) in [7, 11) is -3.41. The van der Waals surface area contributed by atoms with Crippen molar-refractivity contribution in [3.63, 3.8) is 0 Å². The third kappa shape index (κ3) is 4.93. The molecule has 2 N–H and O–H groups in total. The van der Waals surface area contributed by atoms with Gasteiger partial charge in [-0.3, -0.25) is 0 Å². The van der Waals surface area contributed by atoms with Crippen LogP contribution in [0.2, 0.25) is 0 Å². The molecule has 0 saturated carbocycles. The Bertz CT molecular complexity index is 649. The molecule has 0 spiro atoms. The van der Waals surface area contributed by atoms with E-state index in [4.69, 9.17) is 0 Å². The number of nitrogens with one attached hydrogen (secondary N) is 1. The summed E-state index contributed by atoms with van der Waals surface area (Å²) in [5, 5.41) is 12.2. The molecule has 6 heteroatoms. The molecule has 0 aliphatic heterocycles. The first kappa shape index (κ1) is 16.2. The van der Waals surface area contributed by atoms with Crippen LogP contribution in [0.5, 0.6) is 0 Å². The van der Waals surface area contributed by atoms with Crippen molar-refractivity contribution in [2.75, 3.05) is 12.3 Å². The highest BCUT2D eigenvalue weighted by molar-refractivity contribution is 7.89. The van der Waals surface area contributed by atoms with Gasteiger partial charge in [-0.2, -0.15) is 0 Å². The first-order chi connectivity index (χ1) is 9.89. The molecule has 0 saturated heterocycles. The van der Waals surface area contributed by atoms with Crippen LogP contribution in [-0.4, -0.2) is 25.8 Å². The first-order valence-corrected chi connectivity index (χ1v) is 9.20. The van der Waals surface area contributed by atoms with E-state index in [9.17, 15) is 13.5 Å². The lowest BCUT2D eigenvalue weighted by molar-refractivity contribution is 0.0666. The van der Waals surface area contributed by atoms with E-state index in [2.05, 4.69) is 4.72 Å². The van der Waals surface area contributed by atoms with Gasteiger partial charge < -0.3 is 5.11 Å². The van der Waals surface area contributed by atoms with Crippen molar-refractivity contribution < 1.29 is 13.5 Å². The van der Waals surface area contributed by atoms with Gasteiger partial charge in [0.2, 0.25) is 10.0 Å². The fourth-order valence-electron chi connectivity index (χ4n) is 1.89. The van der Waals surface area contributed by atoms with Crippen molar-refractivity contribution >= 4 is 21.4 Å². The fraction of sp³-hybridized carbons (Fsp3) is 0.333. The molecule has 0 aliphatic carbocycles. The summed E-state index contributed by atoms with van der Waals surface area (Å²) in [5.74, 6) is 0.0114. The second-order valence-corrected chi connectivity index (χ2v) is 8.00. The van der Waals surface area contributed by atoms with Gasteiger partial charge in [0.15, 0.2) is 0 Å². The Morgan fingerprint density at radius 3 is 2.52 bits per heavy atom. The van der Waals surface area contributed by atoms with Crippen molar-refractivity contribution in [2.24, 2.45) is 0 Å². The van der Waals surface area contributed by atoms with Crippen LogP contribution >= 0.6 is 11.3 Å². The Labute approximate surface area is 129 Å². The summed E-state index contributed by atoms with van der Waals surface area (Å²) in [6, 6.07) is 13.1. The average Bonchev–Trinajstić information content (AvgIpc) is 3.00. The van der Waals surface area contributed by atoms with E-state index in [-0.39, 0.29) is 12.3 Å². The van der Waals surface area contributed by atoms with Gasteiger partial charge >= 0.3 is 0 Å². The summed E-state index contributed by atoms with van der Waals surface area (Å²) in [6.07, 6.45) is 0.456. The Morgan fingerprint density at radius 1 is 1.19 bits per heavy atom. The van der Waals surface area contributed by atoms with Crippen molar-refractivity contribution in [1.29, 1.82) is 0 Å². The van der Waals surface area contributed by atoms with Crippen LogP contribution in [0.25, 0.3) is 0 Å². The van der Waals surface area contributed by atoms with Gasteiger partial charge in [-0.1, -0.05) is 36.4 Å². The van der Waals surface area contributed by atoms with Gasteiger partial charge in [0.1, 0.15) is 5.60 Å². The van der Waals surface area contributed by atoms with Gasteiger partial charge in [-0.15, -0.1) is 11.3 Å². The number of rotatable bonds is 7. The lowest BCUT2D eigenvalue weighted by Gasteiger charge is -2.22. The molecule has 1 aromatic heterocycles. The van der Waals surface area contributed by atoms with Crippen LogP contribution in [0.3, 0.4) is 0 Å². The van der Waals surface area contributed by atoms with Gasteiger partial charge in [0.25, 0.3) is 0 Å². The molecule has 2 aromatic rings. The molecule has 2 rings (SSSR count). The van der Waals surface area contributed by atoms with Crippen LogP contribution in [0, 0.1) is 0 Å². The number of hydrogen-bond donors (Lipinski definition) is 2. The average molecular weight is 325 g/mol. The minimum absolute atomic E-state index is 0.0114. The van der Waals surface area contributed by atoms with Crippen molar-refractivity contribution in [3.8, 4) is 0 Å². The standard InChI is InChI=1S/C15H19NO3S2/c1-15(17,14-8-5-10-20-14)12-16-21(18,19)11-9-13-6-3-2-4-7-13/h2-8,10,16-17H,9,11-12H2,1H3/t15-/m0/s1. The van der Waals surface area contributed by atoms with E-state index in [0.29, 0.717) is 6.42 Å². The molecule has 0 amide bonds. The Morgan fingerprint density at radius 2 is 1.90 bits per heavy atom. The zero-order valence-electron chi connectivity index (χ0n) is 11.8. The highest BCUT2D eigenvalue weighted by atomic mass is 32.2. The van der Waals surface area contributed by atoms with Crippen LogP contribution < -0.4 is 4.72 Å². The van der Waals surface area contributed by atoms with E-state index in [1.807, 2.05) is 41.8 Å². The van der Waals surface area contributed by atoms with Crippen LogP contribution in [-0.2, 0) is 22.0 Å². The second kappa shape index (κ2) is 6.70. The van der Waals surface area contributed by atoms with E-state index in [0.717, 1.165) is 10.4 Å². The quantitative estimate of drug-likeness (QED) is 0.819. The van der Waals surface area contributed by atoms with Crippen molar-refractivity contribution in [1.82, 2.24) is 4.72 Å². The zero-order chi connectivity index (χ0) is 15.3. The monoisotopic (exact) mass is 325 g/mol. The van der Waals surface area contributed by atoms with Crippen LogP contribution in [0.4, 0.5) is 0 Å². The molecule has 4 nitrogen and oxygen atoms in total. The van der Waals surface area contributed by atoms with E-state index in [1.54, 1.807) is 13.0 Å². The summed E-state index contributed by atoms with van der Waals surface area (Å²) in [6.45, 7) is 1.59. The Balaban J connectivity index is 1.89. The van der Waals surface area contributed by atoms with Crippen molar-refractivity contribution in [2.45, 2.75) is 18.9 Å². The summed E-state index contributed by atoms with van der Waals surface area (Å²) < 4.78 is 26.5. The minimum atomic E-state index is -3.41. The topological polar surface area (TPSA) is 66.4 Å². The highest BCUT2D eigenvalue weighted by Crippen LogP contribution is 2.24. The highest BCUT2D eigenvalue weighted by Gasteiger charge is 2.26. The molecule has 0 aliphatic rings. The number of benzene rings is 1. The van der Waals surface area contributed by atoms with Gasteiger partial charge in [-0.05, 0) is 30.4 Å². The molecule has 1 atom stereocenters. The lowest BCUT2D eigenvalue weighted by Crippen LogP contribution is -2.39. The van der Waals surface area contributed by atoms with Crippen molar-refractivity contribution in [3.05, 3.63) is 58.3 Å². The minimum Gasteiger partial charge on any atom is -0.383 e. The number of aryl methyl sites for hydroxylation is 1. The van der Waals surface area contributed by atoms with Crippen LogP contribution in [0.1, 0.15) is 17.4 Å². The molecular weight excluding hydrogens is 306 g/mol. The third-order valence-corrected chi connectivity index (χ3v) is 5.64. The Kier molecular flexibility index (Phi) is 5.16. The van der Waals surface area contributed by atoms with Gasteiger partial charge in [0.05, 0.1) is 5.75 Å². The number of hydrogen-bond acceptors (Lipinski definition) is 4. The molecule has 0 unspecified atom stereocenters. The third-order valence-electron chi connectivity index (χ3n) is 3.19. The summed E-state index contributed by atoms with van der Waals surface area (Å²) >= 11 is 1.41. The lowest BCUT2D eigenvalue weighted by atomic mass is 10.1. The predicted octanol–water partition coefficient (Wildman–Crippen LogP) is 2.12. The van der Waals surface area contributed by atoms with E-state index >= 15 is 0 Å². The number of sulfonamides is 1. The van der Waals surface area contributed by atoms with E-state index < -0.39 is 15.6 Å². The summed E-state index contributed by atoms with van der Waals surface area (Å²) in [5.41, 5.74) is -0.207. The normalized spacial score (nSPS) is 14.8. The maximum atomic E-state index is 12.0. The fourth-order valence-corrected chi connectivity index (χ4v) is 3.83. The predicted molar refractivity (Wildman–Crippen MR) is 85.8 cm³/mol. The number of aliphatic hydroxyl groups is 1. The molecule has 0 radical (unpaired) electrons. The molecule has 114 valence electrons. The smallest absolute Gasteiger partial charge is 0.212 e. The maximum Gasteiger partial charge on any atom is 0.212 e. The Hall–Kier alpha value is -1.21. The largest absolute Gasteiger partial charge is 0.383 e. The SMILES string of the molecule is C[C@](O)(CNS(=O)(=O)CCc1ccccc1)c1cccs1.